The van der Waals surface area contributed by atoms with Crippen LogP contribution in [0, 0.1) is 6.92 Å². The summed E-state index contributed by atoms with van der Waals surface area (Å²) in [4.78, 5) is 25.9. The average molecular weight is 417 g/mol. The van der Waals surface area contributed by atoms with Crippen LogP contribution in [0.1, 0.15) is 17.5 Å². The molecule has 2 aromatic carbocycles. The molecule has 0 unspecified atom stereocenters. The minimum atomic E-state index is 0.189. The summed E-state index contributed by atoms with van der Waals surface area (Å²) in [5, 5.41) is 0. The zero-order valence-electron chi connectivity index (χ0n) is 18.1. The van der Waals surface area contributed by atoms with Crippen LogP contribution in [0.25, 0.3) is 11.3 Å². The summed E-state index contributed by atoms with van der Waals surface area (Å²) >= 11 is 0. The highest BCUT2D eigenvalue weighted by Gasteiger charge is 2.22. The maximum Gasteiger partial charge on any atom is 0.223 e. The van der Waals surface area contributed by atoms with Crippen LogP contribution in [0.3, 0.4) is 0 Å². The molecule has 0 bridgehead atoms. The largest absolute Gasteiger partial charge is 0.496 e. The number of piperazine rings is 1. The molecule has 0 aliphatic carbocycles. The van der Waals surface area contributed by atoms with Crippen molar-refractivity contribution >= 4 is 11.7 Å². The van der Waals surface area contributed by atoms with Crippen LogP contribution in [-0.4, -0.2) is 54.1 Å². The summed E-state index contributed by atoms with van der Waals surface area (Å²) in [5.41, 5.74) is 4.31. The Bertz CT molecular complexity index is 1040. The van der Waals surface area contributed by atoms with Gasteiger partial charge in [0, 0.05) is 44.2 Å². The van der Waals surface area contributed by atoms with Gasteiger partial charge in [0.25, 0.3) is 0 Å². The van der Waals surface area contributed by atoms with E-state index in [-0.39, 0.29) is 5.91 Å². The van der Waals surface area contributed by atoms with E-state index in [1.54, 1.807) is 13.4 Å². The van der Waals surface area contributed by atoms with Crippen LogP contribution >= 0.6 is 0 Å². The van der Waals surface area contributed by atoms with Crippen molar-refractivity contribution in [3.05, 3.63) is 72.1 Å². The van der Waals surface area contributed by atoms with Gasteiger partial charge in [-0.3, -0.25) is 4.79 Å². The molecule has 1 aliphatic heterocycles. The van der Waals surface area contributed by atoms with E-state index in [0.29, 0.717) is 25.9 Å². The lowest BCUT2D eigenvalue weighted by Crippen LogP contribution is -2.49. The second kappa shape index (κ2) is 9.60. The number of anilines is 1. The summed E-state index contributed by atoms with van der Waals surface area (Å²) in [6.45, 7) is 5.03. The molecule has 1 aliphatic rings. The zero-order chi connectivity index (χ0) is 21.6. The third-order valence-corrected chi connectivity index (χ3v) is 5.83. The van der Waals surface area contributed by atoms with Crippen molar-refractivity contribution in [2.24, 2.45) is 0 Å². The molecule has 0 spiro atoms. The van der Waals surface area contributed by atoms with Gasteiger partial charge in [-0.15, -0.1) is 0 Å². The standard InChI is InChI=1S/C25H28N4O2/c1-19-7-3-5-9-21(19)22-17-24(27-18-26-22)28-13-15-29(16-14-28)25(30)12-11-20-8-4-6-10-23(20)31-2/h3-10,17-18H,11-16H2,1-2H3. The molecular weight excluding hydrogens is 388 g/mol. The molecule has 1 fully saturated rings. The highest BCUT2D eigenvalue weighted by Crippen LogP contribution is 2.24. The molecule has 0 atom stereocenters. The smallest absolute Gasteiger partial charge is 0.223 e. The van der Waals surface area contributed by atoms with Crippen molar-refractivity contribution in [3.63, 3.8) is 0 Å². The Balaban J connectivity index is 1.35. The second-order valence-electron chi connectivity index (χ2n) is 7.76. The van der Waals surface area contributed by atoms with E-state index in [1.165, 1.54) is 5.56 Å². The Labute approximate surface area is 183 Å². The number of nitrogens with zero attached hydrogens (tertiary/aromatic N) is 4. The number of hydrogen-bond donors (Lipinski definition) is 0. The normalized spacial score (nSPS) is 13.9. The van der Waals surface area contributed by atoms with E-state index in [2.05, 4.69) is 33.9 Å². The van der Waals surface area contributed by atoms with E-state index < -0.39 is 0 Å². The van der Waals surface area contributed by atoms with Crippen LogP contribution in [-0.2, 0) is 11.2 Å². The van der Waals surface area contributed by atoms with E-state index in [1.807, 2.05) is 47.4 Å². The third-order valence-electron chi connectivity index (χ3n) is 5.83. The zero-order valence-corrected chi connectivity index (χ0v) is 18.1. The quantitative estimate of drug-likeness (QED) is 0.613. The van der Waals surface area contributed by atoms with E-state index >= 15 is 0 Å². The number of carbonyl (C=O) groups is 1. The number of hydrogen-bond acceptors (Lipinski definition) is 5. The first-order valence-electron chi connectivity index (χ1n) is 10.7. The molecule has 4 rings (SSSR count). The van der Waals surface area contributed by atoms with Crippen LogP contribution in [0.5, 0.6) is 5.75 Å². The highest BCUT2D eigenvalue weighted by molar-refractivity contribution is 5.77. The molecule has 2 heterocycles. The lowest BCUT2D eigenvalue weighted by Gasteiger charge is -2.35. The molecule has 1 saturated heterocycles. The van der Waals surface area contributed by atoms with Crippen molar-refractivity contribution in [1.82, 2.24) is 14.9 Å². The van der Waals surface area contributed by atoms with E-state index in [4.69, 9.17) is 4.74 Å². The second-order valence-corrected chi connectivity index (χ2v) is 7.76. The van der Waals surface area contributed by atoms with Crippen molar-refractivity contribution in [2.45, 2.75) is 19.8 Å². The number of methoxy groups -OCH3 is 1. The van der Waals surface area contributed by atoms with Crippen LogP contribution in [0.2, 0.25) is 0 Å². The first-order valence-corrected chi connectivity index (χ1v) is 10.7. The van der Waals surface area contributed by atoms with Crippen LogP contribution in [0.4, 0.5) is 5.82 Å². The van der Waals surface area contributed by atoms with Gasteiger partial charge in [0.15, 0.2) is 0 Å². The fourth-order valence-corrected chi connectivity index (χ4v) is 4.02. The Kier molecular flexibility index (Phi) is 6.46. The topological polar surface area (TPSA) is 58.6 Å². The summed E-state index contributed by atoms with van der Waals surface area (Å²) in [6, 6.07) is 18.2. The Morgan fingerprint density at radius 1 is 1.00 bits per heavy atom. The number of para-hydroxylation sites is 1. The first kappa shape index (κ1) is 20.8. The number of amides is 1. The van der Waals surface area contributed by atoms with Crippen molar-refractivity contribution in [1.29, 1.82) is 0 Å². The van der Waals surface area contributed by atoms with Crippen LogP contribution in [0.15, 0.2) is 60.9 Å². The Morgan fingerprint density at radius 3 is 2.52 bits per heavy atom. The maximum atomic E-state index is 12.7. The number of aryl methyl sites for hydroxylation is 2. The molecule has 6 heteroatoms. The fourth-order valence-electron chi connectivity index (χ4n) is 4.02. The van der Waals surface area contributed by atoms with Crippen molar-refractivity contribution < 1.29 is 9.53 Å². The molecule has 160 valence electrons. The molecular formula is C25H28N4O2. The number of aromatic nitrogens is 2. The lowest BCUT2D eigenvalue weighted by atomic mass is 10.1. The Hall–Kier alpha value is -3.41. The van der Waals surface area contributed by atoms with Gasteiger partial charge in [0.2, 0.25) is 5.91 Å². The third kappa shape index (κ3) is 4.85. The number of ether oxygens (including phenoxy) is 1. The monoisotopic (exact) mass is 416 g/mol. The summed E-state index contributed by atoms with van der Waals surface area (Å²) in [5.74, 6) is 1.94. The van der Waals surface area contributed by atoms with Crippen LogP contribution < -0.4 is 9.64 Å². The fraction of sp³-hybridized carbons (Fsp3) is 0.320. The minimum absolute atomic E-state index is 0.189. The van der Waals surface area contributed by atoms with Gasteiger partial charge in [0.1, 0.15) is 17.9 Å². The van der Waals surface area contributed by atoms with Gasteiger partial charge >= 0.3 is 0 Å². The summed E-state index contributed by atoms with van der Waals surface area (Å²) in [6.07, 6.45) is 2.81. The van der Waals surface area contributed by atoms with Crippen molar-refractivity contribution in [3.8, 4) is 17.0 Å². The van der Waals surface area contributed by atoms with Gasteiger partial charge in [-0.25, -0.2) is 9.97 Å². The number of carbonyl (C=O) groups excluding carboxylic acids is 1. The summed E-state index contributed by atoms with van der Waals surface area (Å²) in [7, 11) is 1.66. The molecule has 0 saturated carbocycles. The number of benzene rings is 2. The Morgan fingerprint density at radius 2 is 1.74 bits per heavy atom. The molecule has 6 nitrogen and oxygen atoms in total. The number of rotatable bonds is 6. The lowest BCUT2D eigenvalue weighted by molar-refractivity contribution is -0.131. The van der Waals surface area contributed by atoms with Gasteiger partial charge < -0.3 is 14.5 Å². The molecule has 0 radical (unpaired) electrons. The molecule has 1 amide bonds. The van der Waals surface area contributed by atoms with Gasteiger partial charge in [-0.1, -0.05) is 42.5 Å². The molecule has 0 N–H and O–H groups in total. The van der Waals surface area contributed by atoms with Gasteiger partial charge in [-0.2, -0.15) is 0 Å². The van der Waals surface area contributed by atoms with Crippen molar-refractivity contribution in [2.75, 3.05) is 38.2 Å². The van der Waals surface area contributed by atoms with Gasteiger partial charge in [-0.05, 0) is 30.5 Å². The summed E-state index contributed by atoms with van der Waals surface area (Å²) < 4.78 is 5.39. The molecule has 1 aromatic heterocycles. The first-order chi connectivity index (χ1) is 15.2. The average Bonchev–Trinajstić information content (AvgIpc) is 2.83. The van der Waals surface area contributed by atoms with Gasteiger partial charge in [0.05, 0.1) is 12.8 Å². The molecule has 31 heavy (non-hydrogen) atoms. The predicted molar refractivity (Wildman–Crippen MR) is 122 cm³/mol. The maximum absolute atomic E-state index is 12.7. The predicted octanol–water partition coefficient (Wildman–Crippen LogP) is 3.74. The SMILES string of the molecule is COc1ccccc1CCC(=O)N1CCN(c2cc(-c3ccccc3C)ncn2)CC1. The highest BCUT2D eigenvalue weighted by atomic mass is 16.5. The minimum Gasteiger partial charge on any atom is -0.496 e. The molecule has 3 aromatic rings. The van der Waals surface area contributed by atoms with E-state index in [0.717, 1.165) is 41.5 Å². The van der Waals surface area contributed by atoms with E-state index in [9.17, 15) is 4.79 Å².